The van der Waals surface area contributed by atoms with Gasteiger partial charge < -0.3 is 5.73 Å². The lowest BCUT2D eigenvalue weighted by Gasteiger charge is -2.35. The standard InChI is InChI=1S/C14H21ClN2/c1-10-6-11(2)8-17(7-10)9-12-13(15)4-3-5-14(12)16/h3-5,10-11H,6-9,16H2,1-2H3. The monoisotopic (exact) mass is 252 g/mol. The van der Waals surface area contributed by atoms with Crippen LogP contribution in [0.2, 0.25) is 5.02 Å². The second-order valence-electron chi connectivity index (χ2n) is 5.45. The third-order valence-electron chi connectivity index (χ3n) is 3.48. The Balaban J connectivity index is 2.10. The Morgan fingerprint density at radius 1 is 1.29 bits per heavy atom. The minimum absolute atomic E-state index is 0.766. The second kappa shape index (κ2) is 5.28. The lowest BCUT2D eigenvalue weighted by Crippen LogP contribution is -2.38. The highest BCUT2D eigenvalue weighted by atomic mass is 35.5. The molecule has 1 saturated heterocycles. The summed E-state index contributed by atoms with van der Waals surface area (Å²) >= 11 is 6.21. The van der Waals surface area contributed by atoms with Crippen LogP contribution in [0.15, 0.2) is 18.2 Å². The Hall–Kier alpha value is -0.730. The van der Waals surface area contributed by atoms with E-state index in [0.29, 0.717) is 0 Å². The Bertz CT molecular complexity index is 362. The Morgan fingerprint density at radius 3 is 2.53 bits per heavy atom. The molecule has 1 aliphatic heterocycles. The van der Waals surface area contributed by atoms with E-state index in [1.165, 1.54) is 6.42 Å². The molecule has 1 aromatic rings. The molecule has 1 fully saturated rings. The average Bonchev–Trinajstić information content (AvgIpc) is 2.22. The molecule has 3 heteroatoms. The number of hydrogen-bond acceptors (Lipinski definition) is 2. The van der Waals surface area contributed by atoms with Gasteiger partial charge in [-0.1, -0.05) is 31.5 Å². The van der Waals surface area contributed by atoms with Gasteiger partial charge in [-0.3, -0.25) is 4.90 Å². The summed E-state index contributed by atoms with van der Waals surface area (Å²) in [5, 5.41) is 0.788. The number of benzene rings is 1. The summed E-state index contributed by atoms with van der Waals surface area (Å²) in [5.74, 6) is 1.53. The fourth-order valence-corrected chi connectivity index (χ4v) is 3.13. The Kier molecular flexibility index (Phi) is 3.95. The van der Waals surface area contributed by atoms with Gasteiger partial charge >= 0.3 is 0 Å². The van der Waals surface area contributed by atoms with Crippen molar-refractivity contribution in [2.75, 3.05) is 18.8 Å². The fourth-order valence-electron chi connectivity index (χ4n) is 2.89. The van der Waals surface area contributed by atoms with Crippen molar-refractivity contribution in [3.8, 4) is 0 Å². The van der Waals surface area contributed by atoms with Crippen LogP contribution >= 0.6 is 11.6 Å². The maximum Gasteiger partial charge on any atom is 0.0471 e. The number of anilines is 1. The van der Waals surface area contributed by atoms with Gasteiger partial charge in [0.1, 0.15) is 0 Å². The summed E-state index contributed by atoms with van der Waals surface area (Å²) in [6, 6.07) is 5.75. The fraction of sp³-hybridized carbons (Fsp3) is 0.571. The molecule has 2 nitrogen and oxygen atoms in total. The summed E-state index contributed by atoms with van der Waals surface area (Å²) in [6.07, 6.45) is 1.33. The molecule has 0 amide bonds. The van der Waals surface area contributed by atoms with Crippen LogP contribution < -0.4 is 5.73 Å². The molecular formula is C14H21ClN2. The molecule has 1 heterocycles. The Labute approximate surface area is 109 Å². The summed E-state index contributed by atoms with van der Waals surface area (Å²) < 4.78 is 0. The average molecular weight is 253 g/mol. The van der Waals surface area contributed by atoms with Crippen molar-refractivity contribution in [1.82, 2.24) is 4.90 Å². The van der Waals surface area contributed by atoms with E-state index in [1.807, 2.05) is 18.2 Å². The minimum atomic E-state index is 0.766. The molecule has 2 rings (SSSR count). The number of nitrogens with two attached hydrogens (primary N) is 1. The number of piperidine rings is 1. The van der Waals surface area contributed by atoms with Crippen molar-refractivity contribution in [3.63, 3.8) is 0 Å². The number of nitrogen functional groups attached to an aromatic ring is 1. The SMILES string of the molecule is CC1CC(C)CN(Cc2c(N)cccc2Cl)C1. The first kappa shape index (κ1) is 12.7. The zero-order valence-corrected chi connectivity index (χ0v) is 11.4. The lowest BCUT2D eigenvalue weighted by molar-refractivity contribution is 0.134. The van der Waals surface area contributed by atoms with Crippen LogP contribution in [-0.4, -0.2) is 18.0 Å². The number of likely N-dealkylation sites (tertiary alicyclic amines) is 1. The summed E-state index contributed by atoms with van der Waals surface area (Å²) in [6.45, 7) is 7.81. The van der Waals surface area contributed by atoms with Crippen molar-refractivity contribution < 1.29 is 0 Å². The number of hydrogen-bond donors (Lipinski definition) is 1. The first-order chi connectivity index (χ1) is 8.06. The molecular weight excluding hydrogens is 232 g/mol. The molecule has 0 aliphatic carbocycles. The smallest absolute Gasteiger partial charge is 0.0471 e. The summed E-state index contributed by atoms with van der Waals surface area (Å²) in [7, 11) is 0. The summed E-state index contributed by atoms with van der Waals surface area (Å²) in [4.78, 5) is 2.47. The van der Waals surface area contributed by atoms with Gasteiger partial charge in [-0.2, -0.15) is 0 Å². The molecule has 0 bridgehead atoms. The maximum atomic E-state index is 6.21. The van der Waals surface area contributed by atoms with E-state index in [0.717, 1.165) is 47.7 Å². The van der Waals surface area contributed by atoms with Crippen LogP contribution in [0.25, 0.3) is 0 Å². The first-order valence-electron chi connectivity index (χ1n) is 6.31. The molecule has 0 spiro atoms. The van der Waals surface area contributed by atoms with E-state index in [2.05, 4.69) is 18.7 Å². The predicted octanol–water partition coefficient (Wildman–Crippen LogP) is 3.40. The second-order valence-corrected chi connectivity index (χ2v) is 5.85. The van der Waals surface area contributed by atoms with Crippen molar-refractivity contribution in [1.29, 1.82) is 0 Å². The molecule has 2 N–H and O–H groups in total. The van der Waals surface area contributed by atoms with Gasteiger partial charge in [0.05, 0.1) is 0 Å². The van der Waals surface area contributed by atoms with E-state index in [4.69, 9.17) is 17.3 Å². The van der Waals surface area contributed by atoms with Crippen molar-refractivity contribution in [2.24, 2.45) is 11.8 Å². The highest BCUT2D eigenvalue weighted by molar-refractivity contribution is 6.31. The van der Waals surface area contributed by atoms with E-state index >= 15 is 0 Å². The topological polar surface area (TPSA) is 29.3 Å². The van der Waals surface area contributed by atoms with Crippen LogP contribution in [0, 0.1) is 11.8 Å². The van der Waals surface area contributed by atoms with Gasteiger partial charge in [0, 0.05) is 35.9 Å². The van der Waals surface area contributed by atoms with Gasteiger partial charge in [0.15, 0.2) is 0 Å². The largest absolute Gasteiger partial charge is 0.398 e. The molecule has 94 valence electrons. The number of nitrogens with zero attached hydrogens (tertiary/aromatic N) is 1. The van der Waals surface area contributed by atoms with E-state index in [-0.39, 0.29) is 0 Å². The molecule has 2 unspecified atom stereocenters. The molecule has 0 radical (unpaired) electrons. The third kappa shape index (κ3) is 3.14. The van der Waals surface area contributed by atoms with Crippen LogP contribution in [-0.2, 0) is 6.54 Å². The highest BCUT2D eigenvalue weighted by Gasteiger charge is 2.22. The van der Waals surface area contributed by atoms with Gasteiger partial charge in [0.25, 0.3) is 0 Å². The van der Waals surface area contributed by atoms with Crippen LogP contribution in [0.1, 0.15) is 25.8 Å². The summed E-state index contributed by atoms with van der Waals surface area (Å²) in [5.41, 5.74) is 7.88. The van der Waals surface area contributed by atoms with Crippen molar-refractivity contribution in [3.05, 3.63) is 28.8 Å². The van der Waals surface area contributed by atoms with Gasteiger partial charge in [0.2, 0.25) is 0 Å². The van der Waals surface area contributed by atoms with E-state index in [1.54, 1.807) is 0 Å². The van der Waals surface area contributed by atoms with Gasteiger partial charge in [-0.25, -0.2) is 0 Å². The third-order valence-corrected chi connectivity index (χ3v) is 3.84. The highest BCUT2D eigenvalue weighted by Crippen LogP contribution is 2.27. The van der Waals surface area contributed by atoms with Crippen LogP contribution in [0.3, 0.4) is 0 Å². The zero-order valence-electron chi connectivity index (χ0n) is 10.6. The van der Waals surface area contributed by atoms with E-state index < -0.39 is 0 Å². The molecule has 1 aromatic carbocycles. The zero-order chi connectivity index (χ0) is 12.4. The quantitative estimate of drug-likeness (QED) is 0.818. The van der Waals surface area contributed by atoms with Gasteiger partial charge in [-0.15, -0.1) is 0 Å². The van der Waals surface area contributed by atoms with Crippen molar-refractivity contribution >= 4 is 17.3 Å². The molecule has 17 heavy (non-hydrogen) atoms. The molecule has 2 atom stereocenters. The Morgan fingerprint density at radius 2 is 1.94 bits per heavy atom. The molecule has 0 aromatic heterocycles. The van der Waals surface area contributed by atoms with Gasteiger partial charge in [-0.05, 0) is 30.4 Å². The molecule has 0 saturated carbocycles. The lowest BCUT2D eigenvalue weighted by atomic mass is 9.91. The maximum absolute atomic E-state index is 6.21. The number of rotatable bonds is 2. The number of halogens is 1. The molecule has 1 aliphatic rings. The van der Waals surface area contributed by atoms with E-state index in [9.17, 15) is 0 Å². The van der Waals surface area contributed by atoms with Crippen molar-refractivity contribution in [2.45, 2.75) is 26.8 Å². The normalized spacial score (nSPS) is 26.1. The predicted molar refractivity (Wildman–Crippen MR) is 74.1 cm³/mol. The van der Waals surface area contributed by atoms with Crippen LogP contribution in [0.4, 0.5) is 5.69 Å². The van der Waals surface area contributed by atoms with Crippen LogP contribution in [0.5, 0.6) is 0 Å². The first-order valence-corrected chi connectivity index (χ1v) is 6.69. The minimum Gasteiger partial charge on any atom is -0.398 e.